The van der Waals surface area contributed by atoms with Crippen molar-refractivity contribution < 1.29 is 9.53 Å². The number of benzene rings is 1. The topological polar surface area (TPSA) is 66.0 Å². The molecule has 1 fully saturated rings. The van der Waals surface area contributed by atoms with Crippen molar-refractivity contribution in [2.45, 2.75) is 19.4 Å². The molecule has 0 bridgehead atoms. The number of nitrogens with one attached hydrogen (secondary N) is 2. The number of thiophene rings is 1. The Labute approximate surface area is 170 Å². The van der Waals surface area contributed by atoms with E-state index in [0.29, 0.717) is 39.4 Å². The van der Waals surface area contributed by atoms with E-state index in [2.05, 4.69) is 27.1 Å². The average Bonchev–Trinajstić information content (AvgIpc) is 3.27. The predicted molar refractivity (Wildman–Crippen MR) is 114 cm³/mol. The molecule has 0 saturated carbocycles. The van der Waals surface area contributed by atoms with Crippen LogP contribution in [0, 0.1) is 0 Å². The van der Waals surface area contributed by atoms with Crippen molar-refractivity contribution in [1.82, 2.24) is 15.5 Å². The number of morpholine rings is 1. The van der Waals surface area contributed by atoms with Crippen LogP contribution < -0.4 is 10.6 Å². The molecule has 1 aromatic heterocycles. The number of nitrogens with zero attached hydrogens (tertiary/aromatic N) is 2. The molecule has 28 heavy (non-hydrogen) atoms. The van der Waals surface area contributed by atoms with Crippen LogP contribution in [0.3, 0.4) is 0 Å². The second-order valence-corrected chi connectivity index (χ2v) is 7.59. The highest BCUT2D eigenvalue weighted by atomic mass is 32.1. The van der Waals surface area contributed by atoms with E-state index in [4.69, 9.17) is 4.74 Å². The minimum atomic E-state index is -0.259. The molecule has 1 aliphatic rings. The number of ether oxygens (including phenoxy) is 1. The van der Waals surface area contributed by atoms with E-state index in [-0.39, 0.29) is 11.8 Å². The lowest BCUT2D eigenvalue weighted by Gasteiger charge is -2.31. The lowest BCUT2D eigenvalue weighted by molar-refractivity contribution is -0.136. The zero-order valence-corrected chi connectivity index (χ0v) is 17.1. The lowest BCUT2D eigenvalue weighted by Crippen LogP contribution is -2.47. The van der Waals surface area contributed by atoms with Crippen molar-refractivity contribution in [3.8, 4) is 0 Å². The quantitative estimate of drug-likeness (QED) is 0.553. The largest absolute Gasteiger partial charge is 0.378 e. The molecule has 150 valence electrons. The van der Waals surface area contributed by atoms with Crippen molar-refractivity contribution >= 4 is 23.2 Å². The fourth-order valence-corrected chi connectivity index (χ4v) is 3.77. The maximum absolute atomic E-state index is 13.2. The fourth-order valence-electron chi connectivity index (χ4n) is 3.14. The number of amides is 1. The summed E-state index contributed by atoms with van der Waals surface area (Å²) < 4.78 is 5.40. The molecule has 2 aromatic rings. The first-order chi connectivity index (χ1) is 13.8. The van der Waals surface area contributed by atoms with Crippen LogP contribution in [0.2, 0.25) is 0 Å². The van der Waals surface area contributed by atoms with Crippen LogP contribution in [0.1, 0.15) is 23.3 Å². The Morgan fingerprint density at radius 1 is 1.18 bits per heavy atom. The summed E-state index contributed by atoms with van der Waals surface area (Å²) in [4.78, 5) is 20.9. The Bertz CT molecular complexity index is 743. The van der Waals surface area contributed by atoms with Gasteiger partial charge in [-0.1, -0.05) is 36.4 Å². The van der Waals surface area contributed by atoms with Gasteiger partial charge in [0.05, 0.1) is 25.7 Å². The highest BCUT2D eigenvalue weighted by Crippen LogP contribution is 2.19. The monoisotopic (exact) mass is 400 g/mol. The van der Waals surface area contributed by atoms with Gasteiger partial charge in [-0.2, -0.15) is 0 Å². The van der Waals surface area contributed by atoms with Gasteiger partial charge in [-0.05, 0) is 23.9 Å². The number of aliphatic imine (C=N–C) groups is 1. The molecule has 1 atom stereocenters. The van der Waals surface area contributed by atoms with Gasteiger partial charge >= 0.3 is 0 Å². The zero-order chi connectivity index (χ0) is 19.6. The number of carbonyl (C=O) groups excluding carboxylic acids is 1. The smallest absolute Gasteiger partial charge is 0.232 e. The molecule has 2 N–H and O–H groups in total. The summed E-state index contributed by atoms with van der Waals surface area (Å²) in [5, 5.41) is 8.69. The van der Waals surface area contributed by atoms with Crippen molar-refractivity contribution in [2.24, 2.45) is 4.99 Å². The fraction of sp³-hybridized carbons (Fsp3) is 0.429. The summed E-state index contributed by atoms with van der Waals surface area (Å²) in [6, 6.07) is 14.1. The van der Waals surface area contributed by atoms with E-state index in [1.807, 2.05) is 48.2 Å². The summed E-state index contributed by atoms with van der Waals surface area (Å²) >= 11 is 1.69. The van der Waals surface area contributed by atoms with Crippen LogP contribution >= 0.6 is 11.3 Å². The van der Waals surface area contributed by atoms with E-state index in [1.165, 1.54) is 4.88 Å². The summed E-state index contributed by atoms with van der Waals surface area (Å²) in [7, 11) is 0. The van der Waals surface area contributed by atoms with E-state index in [1.54, 1.807) is 11.3 Å². The minimum Gasteiger partial charge on any atom is -0.378 e. The highest BCUT2D eigenvalue weighted by molar-refractivity contribution is 7.09. The van der Waals surface area contributed by atoms with E-state index in [0.717, 1.165) is 18.1 Å². The normalized spacial score (nSPS) is 15.9. The summed E-state index contributed by atoms with van der Waals surface area (Å²) in [6.45, 7) is 6.43. The molecular weight excluding hydrogens is 372 g/mol. The SMILES string of the molecule is CCNC(=NCc1cccs1)NCC(C(=O)N1CCOCC1)c1ccccc1. The molecule has 1 saturated heterocycles. The summed E-state index contributed by atoms with van der Waals surface area (Å²) in [5.41, 5.74) is 1.01. The van der Waals surface area contributed by atoms with Crippen LogP contribution in [-0.2, 0) is 16.1 Å². The Balaban J connectivity index is 1.70. The van der Waals surface area contributed by atoms with Gasteiger partial charge < -0.3 is 20.3 Å². The van der Waals surface area contributed by atoms with Gasteiger partial charge in [-0.3, -0.25) is 4.79 Å². The van der Waals surface area contributed by atoms with Crippen LogP contribution in [0.25, 0.3) is 0 Å². The number of hydrogen-bond acceptors (Lipinski definition) is 4. The van der Waals surface area contributed by atoms with Crippen molar-refractivity contribution in [3.05, 3.63) is 58.3 Å². The minimum absolute atomic E-state index is 0.135. The molecule has 1 amide bonds. The molecule has 1 aliphatic heterocycles. The third kappa shape index (κ3) is 5.81. The molecular formula is C21H28N4O2S. The third-order valence-corrected chi connectivity index (χ3v) is 5.47. The molecule has 0 radical (unpaired) electrons. The maximum atomic E-state index is 13.2. The lowest BCUT2D eigenvalue weighted by atomic mass is 9.97. The Hall–Kier alpha value is -2.38. The van der Waals surface area contributed by atoms with Crippen LogP contribution in [0.5, 0.6) is 0 Å². The van der Waals surface area contributed by atoms with Crippen LogP contribution in [0.4, 0.5) is 0 Å². The van der Waals surface area contributed by atoms with Crippen molar-refractivity contribution in [3.63, 3.8) is 0 Å². The number of guanidine groups is 1. The second kappa shape index (κ2) is 10.8. The van der Waals surface area contributed by atoms with Gasteiger partial charge in [0.1, 0.15) is 0 Å². The Morgan fingerprint density at radius 2 is 1.96 bits per heavy atom. The molecule has 3 rings (SSSR count). The molecule has 0 spiro atoms. The van der Waals surface area contributed by atoms with Gasteiger partial charge in [-0.15, -0.1) is 11.3 Å². The van der Waals surface area contributed by atoms with E-state index >= 15 is 0 Å². The van der Waals surface area contributed by atoms with Crippen LogP contribution in [0.15, 0.2) is 52.8 Å². The zero-order valence-electron chi connectivity index (χ0n) is 16.3. The maximum Gasteiger partial charge on any atom is 0.232 e. The van der Waals surface area contributed by atoms with Crippen LogP contribution in [-0.4, -0.2) is 56.2 Å². The number of hydrogen-bond donors (Lipinski definition) is 2. The first-order valence-electron chi connectivity index (χ1n) is 9.74. The molecule has 2 heterocycles. The highest BCUT2D eigenvalue weighted by Gasteiger charge is 2.27. The molecule has 6 nitrogen and oxygen atoms in total. The van der Waals surface area contributed by atoms with Gasteiger partial charge in [0.25, 0.3) is 0 Å². The van der Waals surface area contributed by atoms with Gasteiger partial charge in [0.2, 0.25) is 5.91 Å². The van der Waals surface area contributed by atoms with Crippen molar-refractivity contribution in [1.29, 1.82) is 0 Å². The summed E-state index contributed by atoms with van der Waals surface area (Å²) in [6.07, 6.45) is 0. The Kier molecular flexibility index (Phi) is 7.87. The molecule has 0 aliphatic carbocycles. The Morgan fingerprint density at radius 3 is 2.64 bits per heavy atom. The average molecular weight is 401 g/mol. The predicted octanol–water partition coefficient (Wildman–Crippen LogP) is 2.45. The van der Waals surface area contributed by atoms with Gasteiger partial charge in [-0.25, -0.2) is 4.99 Å². The molecule has 7 heteroatoms. The van der Waals surface area contributed by atoms with Gasteiger partial charge in [0.15, 0.2) is 5.96 Å². The first-order valence-corrected chi connectivity index (χ1v) is 10.6. The number of carbonyl (C=O) groups is 1. The molecule has 1 unspecified atom stereocenters. The van der Waals surface area contributed by atoms with E-state index < -0.39 is 0 Å². The van der Waals surface area contributed by atoms with E-state index in [9.17, 15) is 4.79 Å². The molecule has 1 aromatic carbocycles. The third-order valence-electron chi connectivity index (χ3n) is 4.61. The van der Waals surface area contributed by atoms with Crippen molar-refractivity contribution in [2.75, 3.05) is 39.4 Å². The number of rotatable bonds is 7. The van der Waals surface area contributed by atoms with Gasteiger partial charge in [0, 0.05) is 31.1 Å². The standard InChI is InChI=1S/C21H28N4O2S/c1-2-22-21(23-15-18-9-6-14-28-18)24-16-19(17-7-4-3-5-8-17)20(26)25-10-12-27-13-11-25/h3-9,14,19H,2,10-13,15-16H2,1H3,(H2,22,23,24). The summed E-state index contributed by atoms with van der Waals surface area (Å²) in [5.74, 6) is 0.604. The first kappa shape index (κ1) is 20.4. The second-order valence-electron chi connectivity index (χ2n) is 6.56.